The molecule has 1 aromatic rings. The molecule has 1 rings (SSSR count). The number of nitrogens with one attached hydrogen (secondary N) is 1. The number of benzene rings is 1. The highest BCUT2D eigenvalue weighted by Gasteiger charge is 2.21. The van der Waals surface area contributed by atoms with Crippen LogP contribution in [0.4, 0.5) is 5.69 Å². The van der Waals surface area contributed by atoms with E-state index < -0.39 is 28.8 Å². The van der Waals surface area contributed by atoms with Gasteiger partial charge < -0.3 is 15.2 Å². The predicted molar refractivity (Wildman–Crippen MR) is 73.0 cm³/mol. The molecule has 0 fully saturated rings. The van der Waals surface area contributed by atoms with Crippen LogP contribution in [-0.4, -0.2) is 41.7 Å². The molecule has 0 aliphatic carbocycles. The second-order valence-corrected chi connectivity index (χ2v) is 4.38. The molecule has 0 bridgehead atoms. The molecule has 2 atom stereocenters. The fourth-order valence-corrected chi connectivity index (χ4v) is 1.68. The summed E-state index contributed by atoms with van der Waals surface area (Å²) in [7, 11) is 1.23. The van der Waals surface area contributed by atoms with Crippen LogP contribution in [0.25, 0.3) is 0 Å². The normalized spacial score (nSPS) is 13.2. The van der Waals surface area contributed by atoms with Crippen LogP contribution in [0.15, 0.2) is 24.3 Å². The Bertz CT molecular complexity index is 545. The molecular formula is C13H16N2O6. The molecule has 1 amide bonds. The minimum atomic E-state index is -1.18. The summed E-state index contributed by atoms with van der Waals surface area (Å²) in [6.07, 6.45) is -1.13. The van der Waals surface area contributed by atoms with Crippen molar-refractivity contribution in [3.63, 3.8) is 0 Å². The van der Waals surface area contributed by atoms with E-state index in [0.717, 1.165) is 0 Å². The summed E-state index contributed by atoms with van der Waals surface area (Å²) in [5.74, 6) is -2.25. The van der Waals surface area contributed by atoms with Gasteiger partial charge in [-0.25, -0.2) is 4.79 Å². The van der Waals surface area contributed by atoms with Crippen molar-refractivity contribution >= 4 is 17.6 Å². The first kappa shape index (κ1) is 16.6. The molecular weight excluding hydrogens is 280 g/mol. The molecule has 0 saturated heterocycles. The van der Waals surface area contributed by atoms with Crippen LogP contribution in [0.5, 0.6) is 0 Å². The fourth-order valence-electron chi connectivity index (χ4n) is 1.68. The number of ether oxygens (including phenoxy) is 1. The summed E-state index contributed by atoms with van der Waals surface area (Å²) in [6.45, 7) is 1.40. The van der Waals surface area contributed by atoms with Crippen molar-refractivity contribution < 1.29 is 24.4 Å². The van der Waals surface area contributed by atoms with Crippen LogP contribution in [-0.2, 0) is 14.3 Å². The van der Waals surface area contributed by atoms with E-state index in [9.17, 15) is 19.7 Å². The van der Waals surface area contributed by atoms with E-state index in [0.29, 0.717) is 5.56 Å². The molecule has 0 saturated carbocycles. The molecule has 0 aliphatic rings. The number of amides is 1. The number of methoxy groups -OCH3 is 1. The van der Waals surface area contributed by atoms with E-state index in [1.165, 1.54) is 25.3 Å². The van der Waals surface area contributed by atoms with Crippen molar-refractivity contribution in [2.24, 2.45) is 0 Å². The summed E-state index contributed by atoms with van der Waals surface area (Å²) in [4.78, 5) is 32.8. The monoisotopic (exact) mass is 296 g/mol. The Morgan fingerprint density at radius 1 is 1.48 bits per heavy atom. The van der Waals surface area contributed by atoms with Gasteiger partial charge in [-0.3, -0.25) is 14.9 Å². The summed E-state index contributed by atoms with van der Waals surface area (Å²) in [6, 6.07) is 5.74. The number of carboxylic acid groups (broad SMARTS) is 1. The van der Waals surface area contributed by atoms with Crippen LogP contribution >= 0.6 is 0 Å². The van der Waals surface area contributed by atoms with Gasteiger partial charge in [-0.2, -0.15) is 0 Å². The van der Waals surface area contributed by atoms with Crippen molar-refractivity contribution in [3.05, 3.63) is 39.9 Å². The van der Waals surface area contributed by atoms with Gasteiger partial charge in [0.15, 0.2) is 6.10 Å². The number of carboxylic acids is 1. The van der Waals surface area contributed by atoms with Crippen LogP contribution < -0.4 is 5.32 Å². The number of nitrogens with zero attached hydrogens (tertiary/aromatic N) is 1. The van der Waals surface area contributed by atoms with E-state index in [4.69, 9.17) is 9.84 Å². The number of carbonyl (C=O) groups excluding carboxylic acids is 1. The quantitative estimate of drug-likeness (QED) is 0.570. The van der Waals surface area contributed by atoms with Gasteiger partial charge in [0.1, 0.15) is 0 Å². The number of nitro benzene ring substituents is 1. The number of rotatable bonds is 7. The summed E-state index contributed by atoms with van der Waals surface area (Å²) in [5.41, 5.74) is 0.374. The number of carbonyl (C=O) groups is 2. The molecule has 2 N–H and O–H groups in total. The van der Waals surface area contributed by atoms with Crippen molar-refractivity contribution in [2.45, 2.75) is 18.9 Å². The van der Waals surface area contributed by atoms with Gasteiger partial charge in [0, 0.05) is 19.2 Å². The molecule has 0 spiro atoms. The highest BCUT2D eigenvalue weighted by atomic mass is 16.6. The Morgan fingerprint density at radius 2 is 2.14 bits per heavy atom. The van der Waals surface area contributed by atoms with E-state index in [-0.39, 0.29) is 12.2 Å². The molecule has 0 aromatic heterocycles. The predicted octanol–water partition coefficient (Wildman–Crippen LogP) is 0.914. The third kappa shape index (κ3) is 4.53. The van der Waals surface area contributed by atoms with Gasteiger partial charge in [0.2, 0.25) is 5.91 Å². The van der Waals surface area contributed by atoms with Gasteiger partial charge in [-0.05, 0) is 12.5 Å². The lowest BCUT2D eigenvalue weighted by Gasteiger charge is -2.15. The largest absolute Gasteiger partial charge is 0.479 e. The maximum absolute atomic E-state index is 11.9. The summed E-state index contributed by atoms with van der Waals surface area (Å²) < 4.78 is 4.69. The highest BCUT2D eigenvalue weighted by molar-refractivity contribution is 5.84. The molecule has 0 aliphatic heterocycles. The van der Waals surface area contributed by atoms with Crippen molar-refractivity contribution in [3.8, 4) is 0 Å². The Hall–Kier alpha value is -2.48. The molecule has 114 valence electrons. The lowest BCUT2D eigenvalue weighted by atomic mass is 10.00. The first-order valence-electron chi connectivity index (χ1n) is 6.14. The molecule has 21 heavy (non-hydrogen) atoms. The summed E-state index contributed by atoms with van der Waals surface area (Å²) in [5, 5.41) is 21.9. The van der Waals surface area contributed by atoms with Gasteiger partial charge >= 0.3 is 5.97 Å². The maximum Gasteiger partial charge on any atom is 0.334 e. The third-order valence-corrected chi connectivity index (χ3v) is 3.00. The van der Waals surface area contributed by atoms with Crippen molar-refractivity contribution in [1.82, 2.24) is 5.32 Å². The van der Waals surface area contributed by atoms with Crippen molar-refractivity contribution in [1.29, 1.82) is 0 Å². The fraction of sp³-hybridized carbons (Fsp3) is 0.385. The van der Waals surface area contributed by atoms with Gasteiger partial charge in [0.05, 0.1) is 17.4 Å². The van der Waals surface area contributed by atoms with E-state index in [2.05, 4.69) is 5.32 Å². The number of hydrogen-bond acceptors (Lipinski definition) is 5. The Labute approximate surface area is 120 Å². The smallest absolute Gasteiger partial charge is 0.334 e. The zero-order chi connectivity index (χ0) is 16.0. The van der Waals surface area contributed by atoms with E-state index in [1.54, 1.807) is 13.0 Å². The molecule has 1 aromatic carbocycles. The lowest BCUT2D eigenvalue weighted by Crippen LogP contribution is -2.39. The standard InChI is InChI=1S/C13H16N2O6/c1-8(9-4-3-5-10(6-9)15(19)20)12(16)14-7-11(21-2)13(17)18/h3-6,8,11H,7H2,1-2H3,(H,14,16)(H,17,18). The molecule has 0 radical (unpaired) electrons. The number of nitro groups is 1. The molecule has 8 heteroatoms. The second kappa shape index (κ2) is 7.34. The molecule has 0 heterocycles. The zero-order valence-corrected chi connectivity index (χ0v) is 11.6. The second-order valence-electron chi connectivity index (χ2n) is 4.38. The van der Waals surface area contributed by atoms with Crippen LogP contribution in [0.2, 0.25) is 0 Å². The first-order valence-corrected chi connectivity index (χ1v) is 6.14. The minimum absolute atomic E-state index is 0.104. The number of aliphatic carboxylic acids is 1. The zero-order valence-electron chi connectivity index (χ0n) is 11.6. The average Bonchev–Trinajstić information content (AvgIpc) is 2.46. The van der Waals surface area contributed by atoms with Crippen molar-refractivity contribution in [2.75, 3.05) is 13.7 Å². The first-order chi connectivity index (χ1) is 9.86. The number of non-ortho nitro benzene ring substituents is 1. The van der Waals surface area contributed by atoms with Crippen LogP contribution in [0.3, 0.4) is 0 Å². The SMILES string of the molecule is COC(CNC(=O)C(C)c1cccc([N+](=O)[O-])c1)C(=O)O. The van der Waals surface area contributed by atoms with Crippen LogP contribution in [0.1, 0.15) is 18.4 Å². The van der Waals surface area contributed by atoms with Gasteiger partial charge in [0.25, 0.3) is 5.69 Å². The summed E-state index contributed by atoms with van der Waals surface area (Å²) >= 11 is 0. The van der Waals surface area contributed by atoms with Crippen LogP contribution in [0, 0.1) is 10.1 Å². The average molecular weight is 296 g/mol. The van der Waals surface area contributed by atoms with Gasteiger partial charge in [-0.1, -0.05) is 12.1 Å². The van der Waals surface area contributed by atoms with E-state index >= 15 is 0 Å². The topological polar surface area (TPSA) is 119 Å². The molecule has 2 unspecified atom stereocenters. The minimum Gasteiger partial charge on any atom is -0.479 e. The lowest BCUT2D eigenvalue weighted by molar-refractivity contribution is -0.384. The number of hydrogen-bond donors (Lipinski definition) is 2. The maximum atomic E-state index is 11.9. The highest BCUT2D eigenvalue weighted by Crippen LogP contribution is 2.20. The van der Waals surface area contributed by atoms with E-state index in [1.807, 2.05) is 0 Å². The molecule has 8 nitrogen and oxygen atoms in total. The van der Waals surface area contributed by atoms with Gasteiger partial charge in [-0.15, -0.1) is 0 Å². The Kier molecular flexibility index (Phi) is 5.79. The Balaban J connectivity index is 2.72. The Morgan fingerprint density at radius 3 is 2.67 bits per heavy atom. The third-order valence-electron chi connectivity index (χ3n) is 3.00.